The number of hydrogen-bond donors (Lipinski definition) is 1. The van der Waals surface area contributed by atoms with Gasteiger partial charge in [0.15, 0.2) is 0 Å². The molecule has 2 amide bonds. The summed E-state index contributed by atoms with van der Waals surface area (Å²) in [5, 5.41) is 2.82. The summed E-state index contributed by atoms with van der Waals surface area (Å²) in [7, 11) is 1.60. The fourth-order valence-corrected chi connectivity index (χ4v) is 2.16. The van der Waals surface area contributed by atoms with Crippen molar-refractivity contribution in [2.24, 2.45) is 0 Å². The van der Waals surface area contributed by atoms with Gasteiger partial charge in [-0.05, 0) is 25.3 Å². The zero-order valence-corrected chi connectivity index (χ0v) is 13.3. The van der Waals surface area contributed by atoms with Crippen molar-refractivity contribution in [3.05, 3.63) is 48.6 Å². The van der Waals surface area contributed by atoms with Gasteiger partial charge in [-0.15, -0.1) is 11.8 Å². The van der Waals surface area contributed by atoms with E-state index in [0.717, 1.165) is 10.6 Å². The second kappa shape index (κ2) is 9.02. The Bertz CT molecular complexity index is 553. The lowest BCUT2D eigenvalue weighted by Gasteiger charge is -2.15. The maximum atomic E-state index is 12.0. The number of carbonyl (C=O) groups excluding carboxylic acids is 2. The number of benzene rings is 1. The van der Waals surface area contributed by atoms with Crippen molar-refractivity contribution in [2.45, 2.75) is 11.8 Å². The number of para-hydroxylation sites is 1. The van der Waals surface area contributed by atoms with E-state index in [0.29, 0.717) is 0 Å². The van der Waals surface area contributed by atoms with Crippen LogP contribution in [0, 0.1) is 0 Å². The molecule has 21 heavy (non-hydrogen) atoms. The zero-order valence-electron chi connectivity index (χ0n) is 12.5. The minimum Gasteiger partial charge on any atom is -0.333 e. The van der Waals surface area contributed by atoms with E-state index in [2.05, 4.69) is 5.32 Å². The predicted molar refractivity (Wildman–Crippen MR) is 88.4 cm³/mol. The SMILES string of the molecule is CC=CC=CC(=O)N(C)CC(=O)Nc1ccccc1SC. The molecule has 0 unspecified atom stereocenters. The molecule has 5 heteroatoms. The number of rotatable bonds is 6. The summed E-state index contributed by atoms with van der Waals surface area (Å²) >= 11 is 1.56. The molecular weight excluding hydrogens is 284 g/mol. The van der Waals surface area contributed by atoms with Crippen molar-refractivity contribution in [2.75, 3.05) is 25.2 Å². The fourth-order valence-electron chi connectivity index (χ4n) is 1.61. The number of allylic oxidation sites excluding steroid dienone is 3. The first kappa shape index (κ1) is 17.0. The van der Waals surface area contributed by atoms with E-state index in [9.17, 15) is 9.59 Å². The van der Waals surface area contributed by atoms with Crippen LogP contribution in [-0.2, 0) is 9.59 Å². The van der Waals surface area contributed by atoms with Crippen molar-refractivity contribution >= 4 is 29.3 Å². The molecule has 1 aromatic carbocycles. The molecule has 0 saturated heterocycles. The van der Waals surface area contributed by atoms with Crippen molar-refractivity contribution in [1.82, 2.24) is 4.90 Å². The van der Waals surface area contributed by atoms with Gasteiger partial charge in [0.1, 0.15) is 0 Å². The Morgan fingerprint density at radius 2 is 2.00 bits per heavy atom. The number of thioether (sulfide) groups is 1. The second-order valence-corrected chi connectivity index (χ2v) is 5.18. The van der Waals surface area contributed by atoms with Crippen molar-refractivity contribution in [1.29, 1.82) is 0 Å². The number of hydrogen-bond acceptors (Lipinski definition) is 3. The molecule has 0 aliphatic heterocycles. The number of amides is 2. The van der Waals surface area contributed by atoms with E-state index >= 15 is 0 Å². The molecule has 0 aliphatic rings. The highest BCUT2D eigenvalue weighted by molar-refractivity contribution is 7.98. The average molecular weight is 304 g/mol. The molecule has 0 saturated carbocycles. The molecule has 0 aliphatic carbocycles. The predicted octanol–water partition coefficient (Wildman–Crippen LogP) is 2.94. The molecule has 0 fully saturated rings. The first-order valence-electron chi connectivity index (χ1n) is 6.55. The summed E-state index contributed by atoms with van der Waals surface area (Å²) in [6.07, 6.45) is 8.63. The number of anilines is 1. The molecule has 0 bridgehead atoms. The Hall–Kier alpha value is -2.01. The van der Waals surface area contributed by atoms with Crippen LogP contribution >= 0.6 is 11.8 Å². The normalized spacial score (nSPS) is 11.0. The topological polar surface area (TPSA) is 49.4 Å². The smallest absolute Gasteiger partial charge is 0.246 e. The molecule has 1 aromatic rings. The van der Waals surface area contributed by atoms with Crippen molar-refractivity contribution in [3.8, 4) is 0 Å². The average Bonchev–Trinajstić information content (AvgIpc) is 2.47. The summed E-state index contributed by atoms with van der Waals surface area (Å²) in [6.45, 7) is 1.89. The summed E-state index contributed by atoms with van der Waals surface area (Å²) in [5.41, 5.74) is 0.764. The lowest BCUT2D eigenvalue weighted by atomic mass is 10.3. The summed E-state index contributed by atoms with van der Waals surface area (Å²) in [5.74, 6) is -0.423. The monoisotopic (exact) mass is 304 g/mol. The Kier molecular flexibility index (Phi) is 7.32. The van der Waals surface area contributed by atoms with E-state index in [1.165, 1.54) is 11.0 Å². The Morgan fingerprint density at radius 1 is 1.29 bits per heavy atom. The van der Waals surface area contributed by atoms with Gasteiger partial charge in [0.05, 0.1) is 12.2 Å². The standard InChI is InChI=1S/C16H20N2O2S/c1-4-5-6-11-16(20)18(2)12-15(19)17-13-9-7-8-10-14(13)21-3/h4-11H,12H2,1-3H3,(H,17,19). The van der Waals surface area contributed by atoms with Gasteiger partial charge in [0.25, 0.3) is 0 Å². The van der Waals surface area contributed by atoms with Crippen LogP contribution in [0.4, 0.5) is 5.69 Å². The van der Waals surface area contributed by atoms with Gasteiger partial charge in [-0.2, -0.15) is 0 Å². The van der Waals surface area contributed by atoms with Gasteiger partial charge in [-0.3, -0.25) is 9.59 Å². The number of likely N-dealkylation sites (N-methyl/N-ethyl adjacent to an activating group) is 1. The fraction of sp³-hybridized carbons (Fsp3) is 0.250. The van der Waals surface area contributed by atoms with Crippen LogP contribution in [0.25, 0.3) is 0 Å². The number of carbonyl (C=O) groups is 2. The molecule has 1 N–H and O–H groups in total. The third kappa shape index (κ3) is 5.87. The molecule has 0 heterocycles. The largest absolute Gasteiger partial charge is 0.333 e. The molecule has 0 atom stereocenters. The highest BCUT2D eigenvalue weighted by Gasteiger charge is 2.11. The minimum atomic E-state index is -0.216. The van der Waals surface area contributed by atoms with Crippen molar-refractivity contribution in [3.63, 3.8) is 0 Å². The van der Waals surface area contributed by atoms with Crippen LogP contribution in [0.2, 0.25) is 0 Å². The van der Waals surface area contributed by atoms with Gasteiger partial charge in [-0.1, -0.05) is 30.4 Å². The summed E-state index contributed by atoms with van der Waals surface area (Å²) < 4.78 is 0. The molecule has 112 valence electrons. The van der Waals surface area contributed by atoms with Crippen LogP contribution < -0.4 is 5.32 Å². The van der Waals surface area contributed by atoms with Gasteiger partial charge < -0.3 is 10.2 Å². The van der Waals surface area contributed by atoms with E-state index in [-0.39, 0.29) is 18.4 Å². The number of nitrogens with one attached hydrogen (secondary N) is 1. The summed E-state index contributed by atoms with van der Waals surface area (Å²) in [6, 6.07) is 7.57. The summed E-state index contributed by atoms with van der Waals surface area (Å²) in [4.78, 5) is 26.1. The van der Waals surface area contributed by atoms with Crippen molar-refractivity contribution < 1.29 is 9.59 Å². The van der Waals surface area contributed by atoms with Gasteiger partial charge in [0.2, 0.25) is 11.8 Å². The Morgan fingerprint density at radius 3 is 2.67 bits per heavy atom. The van der Waals surface area contributed by atoms with Gasteiger partial charge in [0, 0.05) is 18.0 Å². The highest BCUT2D eigenvalue weighted by Crippen LogP contribution is 2.24. The van der Waals surface area contributed by atoms with Crippen LogP contribution in [0.5, 0.6) is 0 Å². The molecule has 4 nitrogen and oxygen atoms in total. The third-order valence-corrected chi connectivity index (χ3v) is 3.48. The minimum absolute atomic E-state index is 0.0156. The molecular formula is C16H20N2O2S. The maximum Gasteiger partial charge on any atom is 0.246 e. The van der Waals surface area contributed by atoms with Crippen LogP contribution in [0.1, 0.15) is 6.92 Å². The molecule has 0 aromatic heterocycles. The van der Waals surface area contributed by atoms with E-state index in [4.69, 9.17) is 0 Å². The molecule has 0 spiro atoms. The lowest BCUT2D eigenvalue weighted by Crippen LogP contribution is -2.33. The van der Waals surface area contributed by atoms with Crippen LogP contribution in [0.3, 0.4) is 0 Å². The molecule has 1 rings (SSSR count). The Balaban J connectivity index is 2.59. The quantitative estimate of drug-likeness (QED) is 0.499. The highest BCUT2D eigenvalue weighted by atomic mass is 32.2. The van der Waals surface area contributed by atoms with Crippen LogP contribution in [0.15, 0.2) is 53.5 Å². The third-order valence-electron chi connectivity index (χ3n) is 2.68. The van der Waals surface area contributed by atoms with E-state index in [1.54, 1.807) is 31.0 Å². The van der Waals surface area contributed by atoms with Gasteiger partial charge in [-0.25, -0.2) is 0 Å². The Labute approximate surface area is 129 Å². The first-order chi connectivity index (χ1) is 10.1. The van der Waals surface area contributed by atoms with Gasteiger partial charge >= 0.3 is 0 Å². The first-order valence-corrected chi connectivity index (χ1v) is 7.78. The van der Waals surface area contributed by atoms with E-state index < -0.39 is 0 Å². The van der Waals surface area contributed by atoms with Crippen LogP contribution in [-0.4, -0.2) is 36.6 Å². The van der Waals surface area contributed by atoms with E-state index in [1.807, 2.05) is 43.5 Å². The maximum absolute atomic E-state index is 12.0. The second-order valence-electron chi connectivity index (χ2n) is 4.33. The number of nitrogens with zero attached hydrogens (tertiary/aromatic N) is 1. The zero-order chi connectivity index (χ0) is 15.7. The lowest BCUT2D eigenvalue weighted by molar-refractivity contribution is -0.129. The molecule has 0 radical (unpaired) electrons.